The zero-order valence-electron chi connectivity index (χ0n) is 10.6. The summed E-state index contributed by atoms with van der Waals surface area (Å²) in [5.74, 6) is 9.13. The molecular formula is C12H24N2OS2. The summed E-state index contributed by atoms with van der Waals surface area (Å²) in [6, 6.07) is 0.464. The summed E-state index contributed by atoms with van der Waals surface area (Å²) in [6.07, 6.45) is 3.62. The third-order valence-corrected chi connectivity index (χ3v) is 7.03. The van der Waals surface area contributed by atoms with Crippen molar-refractivity contribution in [1.82, 2.24) is 5.43 Å². The van der Waals surface area contributed by atoms with Crippen LogP contribution < -0.4 is 11.3 Å². The van der Waals surface area contributed by atoms with Gasteiger partial charge in [0.05, 0.1) is 0 Å². The number of nitrogens with one attached hydrogen (secondary N) is 1. The third kappa shape index (κ3) is 4.03. The second-order valence-electron chi connectivity index (χ2n) is 4.98. The first kappa shape index (κ1) is 14.0. The summed E-state index contributed by atoms with van der Waals surface area (Å²) in [5, 5.41) is 1.39. The van der Waals surface area contributed by atoms with Crippen molar-refractivity contribution in [1.29, 1.82) is 0 Å². The van der Waals surface area contributed by atoms with Crippen LogP contribution in [0.2, 0.25) is 0 Å². The summed E-state index contributed by atoms with van der Waals surface area (Å²) < 4.78 is 5.42. The van der Waals surface area contributed by atoms with E-state index in [1.165, 1.54) is 30.8 Å². The van der Waals surface area contributed by atoms with Gasteiger partial charge >= 0.3 is 0 Å². The van der Waals surface area contributed by atoms with Crippen molar-refractivity contribution in [2.45, 2.75) is 42.7 Å². The number of nitrogens with two attached hydrogens (primary N) is 1. The molecule has 2 aliphatic heterocycles. The SMILES string of the molecule is CC1SCCSC1C(CC1CCOCC1)NN. The number of rotatable bonds is 4. The van der Waals surface area contributed by atoms with E-state index in [1.54, 1.807) is 0 Å². The van der Waals surface area contributed by atoms with Crippen LogP contribution in [0.15, 0.2) is 0 Å². The zero-order chi connectivity index (χ0) is 12.1. The van der Waals surface area contributed by atoms with Crippen LogP contribution in [-0.4, -0.2) is 41.3 Å². The lowest BCUT2D eigenvalue weighted by molar-refractivity contribution is 0.0604. The Morgan fingerprint density at radius 2 is 2.00 bits per heavy atom. The maximum absolute atomic E-state index is 5.78. The van der Waals surface area contributed by atoms with E-state index in [9.17, 15) is 0 Å². The van der Waals surface area contributed by atoms with Gasteiger partial charge in [0.25, 0.3) is 0 Å². The van der Waals surface area contributed by atoms with Crippen LogP contribution >= 0.6 is 23.5 Å². The van der Waals surface area contributed by atoms with Crippen molar-refractivity contribution < 1.29 is 4.74 Å². The molecule has 0 radical (unpaired) electrons. The maximum atomic E-state index is 5.78. The highest BCUT2D eigenvalue weighted by atomic mass is 32.2. The molecule has 3 nitrogen and oxygen atoms in total. The zero-order valence-corrected chi connectivity index (χ0v) is 12.2. The van der Waals surface area contributed by atoms with E-state index in [-0.39, 0.29) is 0 Å². The molecule has 2 rings (SSSR count). The first-order valence-electron chi connectivity index (χ1n) is 6.58. The molecule has 3 unspecified atom stereocenters. The average molecular weight is 276 g/mol. The van der Waals surface area contributed by atoms with Crippen LogP contribution in [-0.2, 0) is 4.74 Å². The molecule has 0 saturated carbocycles. The van der Waals surface area contributed by atoms with Crippen LogP contribution in [0.4, 0.5) is 0 Å². The average Bonchev–Trinajstić information content (AvgIpc) is 2.38. The number of hydrogen-bond acceptors (Lipinski definition) is 5. The lowest BCUT2D eigenvalue weighted by Gasteiger charge is -2.36. The Hall–Kier alpha value is 0.580. The van der Waals surface area contributed by atoms with E-state index in [1.807, 2.05) is 0 Å². The van der Waals surface area contributed by atoms with E-state index >= 15 is 0 Å². The Balaban J connectivity index is 1.85. The molecule has 0 aliphatic carbocycles. The molecule has 0 aromatic carbocycles. The van der Waals surface area contributed by atoms with Crippen molar-refractivity contribution in [2.24, 2.45) is 11.8 Å². The molecule has 0 spiro atoms. The molecule has 3 N–H and O–H groups in total. The van der Waals surface area contributed by atoms with Crippen LogP contribution in [0.5, 0.6) is 0 Å². The monoisotopic (exact) mass is 276 g/mol. The van der Waals surface area contributed by atoms with Crippen LogP contribution in [0, 0.1) is 5.92 Å². The highest BCUT2D eigenvalue weighted by molar-refractivity contribution is 8.07. The molecule has 17 heavy (non-hydrogen) atoms. The van der Waals surface area contributed by atoms with Crippen molar-refractivity contribution in [2.75, 3.05) is 24.7 Å². The minimum Gasteiger partial charge on any atom is -0.381 e. The van der Waals surface area contributed by atoms with Crippen molar-refractivity contribution in [3.63, 3.8) is 0 Å². The van der Waals surface area contributed by atoms with Gasteiger partial charge in [-0.15, -0.1) is 0 Å². The fourth-order valence-electron chi connectivity index (χ4n) is 2.73. The van der Waals surface area contributed by atoms with Gasteiger partial charge in [0, 0.05) is 41.3 Å². The quantitative estimate of drug-likeness (QED) is 0.606. The number of hydrogen-bond donors (Lipinski definition) is 2. The molecule has 0 bridgehead atoms. The molecule has 5 heteroatoms. The van der Waals surface area contributed by atoms with E-state index < -0.39 is 0 Å². The summed E-state index contributed by atoms with van der Waals surface area (Å²) >= 11 is 4.19. The minimum absolute atomic E-state index is 0.464. The topological polar surface area (TPSA) is 47.3 Å². The Labute approximate surface area is 113 Å². The molecule has 0 amide bonds. The van der Waals surface area contributed by atoms with Crippen molar-refractivity contribution in [3.8, 4) is 0 Å². The standard InChI is InChI=1S/C12H24N2OS2/c1-9-12(17-7-6-16-9)11(14-13)8-10-2-4-15-5-3-10/h9-12,14H,2-8,13H2,1H3. The van der Waals surface area contributed by atoms with E-state index in [0.29, 0.717) is 11.3 Å². The van der Waals surface area contributed by atoms with E-state index in [2.05, 4.69) is 35.9 Å². The van der Waals surface area contributed by atoms with Gasteiger partial charge in [-0.25, -0.2) is 0 Å². The molecule has 2 fully saturated rings. The van der Waals surface area contributed by atoms with Gasteiger partial charge in [-0.1, -0.05) is 6.92 Å². The predicted octanol–water partition coefficient (Wildman–Crippen LogP) is 1.87. The fourth-order valence-corrected chi connectivity index (χ4v) is 5.69. The molecule has 2 saturated heterocycles. The van der Waals surface area contributed by atoms with Crippen molar-refractivity contribution >= 4 is 23.5 Å². The number of thioether (sulfide) groups is 2. The maximum Gasteiger partial charge on any atom is 0.0468 e. The van der Waals surface area contributed by atoms with Gasteiger partial charge < -0.3 is 4.74 Å². The summed E-state index contributed by atoms with van der Waals surface area (Å²) in [5.41, 5.74) is 3.07. The van der Waals surface area contributed by atoms with E-state index in [0.717, 1.165) is 24.4 Å². The fraction of sp³-hybridized carbons (Fsp3) is 1.00. The van der Waals surface area contributed by atoms with Gasteiger partial charge in [-0.05, 0) is 25.2 Å². The first-order chi connectivity index (χ1) is 8.31. The largest absolute Gasteiger partial charge is 0.381 e. The Morgan fingerprint density at radius 3 is 2.65 bits per heavy atom. The Kier molecular flexibility index (Phi) is 5.96. The van der Waals surface area contributed by atoms with Crippen molar-refractivity contribution in [3.05, 3.63) is 0 Å². The predicted molar refractivity (Wildman–Crippen MR) is 77.4 cm³/mol. The highest BCUT2D eigenvalue weighted by Gasteiger charge is 2.31. The Morgan fingerprint density at radius 1 is 1.29 bits per heavy atom. The molecular weight excluding hydrogens is 252 g/mol. The summed E-state index contributed by atoms with van der Waals surface area (Å²) in [4.78, 5) is 0. The van der Waals surface area contributed by atoms with Crippen LogP contribution in [0.25, 0.3) is 0 Å². The minimum atomic E-state index is 0.464. The van der Waals surface area contributed by atoms with Gasteiger partial charge in [-0.3, -0.25) is 11.3 Å². The molecule has 100 valence electrons. The van der Waals surface area contributed by atoms with Crippen LogP contribution in [0.3, 0.4) is 0 Å². The molecule has 2 heterocycles. The normalized spacial score (nSPS) is 33.5. The Bertz CT molecular complexity index is 225. The van der Waals surface area contributed by atoms with E-state index in [4.69, 9.17) is 10.6 Å². The molecule has 3 atom stereocenters. The smallest absolute Gasteiger partial charge is 0.0468 e. The first-order valence-corrected chi connectivity index (χ1v) is 8.68. The third-order valence-electron chi connectivity index (χ3n) is 3.78. The number of hydrazine groups is 1. The molecule has 2 aliphatic rings. The van der Waals surface area contributed by atoms with Gasteiger partial charge in [-0.2, -0.15) is 23.5 Å². The van der Waals surface area contributed by atoms with Gasteiger partial charge in [0.15, 0.2) is 0 Å². The lowest BCUT2D eigenvalue weighted by atomic mass is 9.91. The van der Waals surface area contributed by atoms with Crippen LogP contribution in [0.1, 0.15) is 26.2 Å². The second kappa shape index (κ2) is 7.24. The lowest BCUT2D eigenvalue weighted by Crippen LogP contribution is -2.48. The number of ether oxygens (including phenoxy) is 1. The molecule has 0 aromatic heterocycles. The molecule has 0 aromatic rings. The van der Waals surface area contributed by atoms with Gasteiger partial charge in [0.2, 0.25) is 0 Å². The second-order valence-corrected chi connectivity index (χ2v) is 7.75. The highest BCUT2D eigenvalue weighted by Crippen LogP contribution is 2.35. The summed E-state index contributed by atoms with van der Waals surface area (Å²) in [6.45, 7) is 4.21. The van der Waals surface area contributed by atoms with Gasteiger partial charge in [0.1, 0.15) is 0 Å². The summed E-state index contributed by atoms with van der Waals surface area (Å²) in [7, 11) is 0.